The zero-order valence-corrected chi connectivity index (χ0v) is 12.1. The Kier molecular flexibility index (Phi) is 2.28. The monoisotopic (exact) mass is 281 g/mol. The molecule has 2 N–H and O–H groups in total. The van der Waals surface area contributed by atoms with Crippen LogP contribution >= 0.6 is 0 Å². The molecule has 0 heterocycles. The summed E-state index contributed by atoms with van der Waals surface area (Å²) >= 11 is 0. The summed E-state index contributed by atoms with van der Waals surface area (Å²) in [5, 5.41) is 10.6. The van der Waals surface area contributed by atoms with E-state index in [0.29, 0.717) is 6.54 Å². The Morgan fingerprint density at radius 1 is 0.545 bits per heavy atom. The predicted molar refractivity (Wildman–Crippen MR) is 95.5 cm³/mol. The van der Waals surface area contributed by atoms with Gasteiger partial charge < -0.3 is 5.73 Å². The third-order valence-corrected chi connectivity index (χ3v) is 4.82. The van der Waals surface area contributed by atoms with Crippen molar-refractivity contribution in [2.24, 2.45) is 5.73 Å². The van der Waals surface area contributed by atoms with E-state index < -0.39 is 0 Å². The van der Waals surface area contributed by atoms with Gasteiger partial charge in [-0.1, -0.05) is 66.7 Å². The number of nitrogens with two attached hydrogens (primary N) is 1. The van der Waals surface area contributed by atoms with Gasteiger partial charge in [0.1, 0.15) is 0 Å². The van der Waals surface area contributed by atoms with Gasteiger partial charge in [-0.3, -0.25) is 0 Å². The van der Waals surface area contributed by atoms with Crippen molar-refractivity contribution in [2.45, 2.75) is 6.54 Å². The summed E-state index contributed by atoms with van der Waals surface area (Å²) in [6.45, 7) is 0.568. The van der Waals surface area contributed by atoms with Gasteiger partial charge in [-0.15, -0.1) is 0 Å². The van der Waals surface area contributed by atoms with E-state index in [1.54, 1.807) is 0 Å². The van der Waals surface area contributed by atoms with Crippen molar-refractivity contribution >= 4 is 43.1 Å². The molecule has 0 aliphatic rings. The number of rotatable bonds is 1. The minimum Gasteiger partial charge on any atom is -0.326 e. The smallest absolute Gasteiger partial charge is 0.0184 e. The first-order chi connectivity index (χ1) is 10.9. The minimum absolute atomic E-state index is 0.568. The zero-order valence-electron chi connectivity index (χ0n) is 12.1. The lowest BCUT2D eigenvalue weighted by Crippen LogP contribution is -1.98. The first-order valence-electron chi connectivity index (χ1n) is 7.65. The molecule has 0 fully saturated rings. The van der Waals surface area contributed by atoms with Crippen LogP contribution in [-0.2, 0) is 6.54 Å². The summed E-state index contributed by atoms with van der Waals surface area (Å²) in [6.07, 6.45) is 0. The van der Waals surface area contributed by atoms with Crippen LogP contribution in [0.3, 0.4) is 0 Å². The van der Waals surface area contributed by atoms with Crippen molar-refractivity contribution in [3.8, 4) is 0 Å². The van der Waals surface area contributed by atoms with E-state index in [0.717, 1.165) is 0 Å². The van der Waals surface area contributed by atoms with E-state index in [9.17, 15) is 0 Å². The maximum atomic E-state index is 6.04. The molecule has 5 aromatic rings. The van der Waals surface area contributed by atoms with Crippen molar-refractivity contribution in [1.29, 1.82) is 0 Å². The Balaban J connectivity index is 2.28. The summed E-state index contributed by atoms with van der Waals surface area (Å²) in [6, 6.07) is 24.1. The lowest BCUT2D eigenvalue weighted by atomic mass is 9.88. The minimum atomic E-state index is 0.568. The quantitative estimate of drug-likeness (QED) is 0.332. The molecular weight excluding hydrogens is 266 g/mol. The summed E-state index contributed by atoms with van der Waals surface area (Å²) in [7, 11) is 0. The number of benzene rings is 5. The fourth-order valence-corrected chi connectivity index (χ4v) is 3.90. The Morgan fingerprint density at radius 2 is 1.14 bits per heavy atom. The van der Waals surface area contributed by atoms with Gasteiger partial charge in [0.25, 0.3) is 0 Å². The van der Waals surface area contributed by atoms with Crippen LogP contribution in [0.5, 0.6) is 0 Å². The molecule has 104 valence electrons. The van der Waals surface area contributed by atoms with E-state index in [-0.39, 0.29) is 0 Å². The number of hydrogen-bond acceptors (Lipinski definition) is 1. The molecule has 0 bridgehead atoms. The molecule has 0 spiro atoms. The first kappa shape index (κ1) is 12.0. The highest BCUT2D eigenvalue weighted by molar-refractivity contribution is 6.33. The summed E-state index contributed by atoms with van der Waals surface area (Å²) in [5.74, 6) is 0. The Labute approximate surface area is 128 Å². The van der Waals surface area contributed by atoms with Gasteiger partial charge >= 0.3 is 0 Å². The fourth-order valence-electron chi connectivity index (χ4n) is 3.90. The highest BCUT2D eigenvalue weighted by Gasteiger charge is 2.14. The second kappa shape index (κ2) is 4.19. The summed E-state index contributed by atoms with van der Waals surface area (Å²) in [5.41, 5.74) is 7.26. The third kappa shape index (κ3) is 1.36. The molecule has 22 heavy (non-hydrogen) atoms. The molecule has 5 aromatic carbocycles. The van der Waals surface area contributed by atoms with E-state index in [4.69, 9.17) is 5.73 Å². The number of hydrogen-bond donors (Lipinski definition) is 1. The predicted octanol–water partition coefficient (Wildman–Crippen LogP) is 5.20. The van der Waals surface area contributed by atoms with Crippen molar-refractivity contribution in [3.05, 3.63) is 72.3 Å². The fraction of sp³-hybridized carbons (Fsp3) is 0.0476. The van der Waals surface area contributed by atoms with Crippen LogP contribution in [0, 0.1) is 0 Å². The number of fused-ring (bicyclic) bond motifs is 2. The van der Waals surface area contributed by atoms with Crippen LogP contribution < -0.4 is 5.73 Å². The molecule has 0 radical (unpaired) electrons. The van der Waals surface area contributed by atoms with Gasteiger partial charge in [0, 0.05) is 6.54 Å². The van der Waals surface area contributed by atoms with Gasteiger partial charge in [-0.2, -0.15) is 0 Å². The second-order valence-corrected chi connectivity index (χ2v) is 5.92. The zero-order chi connectivity index (χ0) is 14.7. The molecule has 0 saturated carbocycles. The normalized spacial score (nSPS) is 12.0. The average Bonchev–Trinajstić information content (AvgIpc) is 2.59. The van der Waals surface area contributed by atoms with E-state index in [2.05, 4.69) is 66.7 Å². The summed E-state index contributed by atoms with van der Waals surface area (Å²) < 4.78 is 0. The van der Waals surface area contributed by atoms with Gasteiger partial charge in [0.15, 0.2) is 0 Å². The summed E-state index contributed by atoms with van der Waals surface area (Å²) in [4.78, 5) is 0. The van der Waals surface area contributed by atoms with Gasteiger partial charge in [0.05, 0.1) is 0 Å². The van der Waals surface area contributed by atoms with Gasteiger partial charge in [-0.25, -0.2) is 0 Å². The Morgan fingerprint density at radius 3 is 1.82 bits per heavy atom. The van der Waals surface area contributed by atoms with Crippen LogP contribution in [0.15, 0.2) is 66.7 Å². The Hall–Kier alpha value is -2.64. The van der Waals surface area contributed by atoms with Crippen LogP contribution in [0.1, 0.15) is 5.56 Å². The van der Waals surface area contributed by atoms with Gasteiger partial charge in [-0.05, 0) is 48.7 Å². The largest absolute Gasteiger partial charge is 0.326 e. The maximum absolute atomic E-state index is 6.04. The molecule has 1 heteroatoms. The topological polar surface area (TPSA) is 26.0 Å². The molecule has 0 aliphatic carbocycles. The first-order valence-corrected chi connectivity index (χ1v) is 7.65. The third-order valence-electron chi connectivity index (χ3n) is 4.82. The standard InChI is InChI=1S/C21H15N/c22-12-15-11-10-14-6-2-8-17-16-7-1-4-13-5-3-9-18(19(13)16)21(15)20(14)17/h1-11H,12,22H2. The van der Waals surface area contributed by atoms with Crippen molar-refractivity contribution in [3.63, 3.8) is 0 Å². The highest BCUT2D eigenvalue weighted by atomic mass is 14.5. The van der Waals surface area contributed by atoms with E-state index in [1.165, 1.54) is 48.7 Å². The van der Waals surface area contributed by atoms with Crippen LogP contribution in [-0.4, -0.2) is 0 Å². The Bertz CT molecular complexity index is 1150. The van der Waals surface area contributed by atoms with E-state index in [1.807, 2.05) is 0 Å². The van der Waals surface area contributed by atoms with Crippen molar-refractivity contribution in [1.82, 2.24) is 0 Å². The molecule has 0 amide bonds. The molecular formula is C21H15N. The highest BCUT2D eigenvalue weighted by Crippen LogP contribution is 2.41. The van der Waals surface area contributed by atoms with Crippen molar-refractivity contribution < 1.29 is 0 Å². The SMILES string of the molecule is NCc1ccc2cccc3c4cccc5cccc(c1c23)c54. The van der Waals surface area contributed by atoms with Crippen LogP contribution in [0.4, 0.5) is 0 Å². The van der Waals surface area contributed by atoms with Crippen LogP contribution in [0.2, 0.25) is 0 Å². The lowest BCUT2D eigenvalue weighted by molar-refractivity contribution is 1.09. The second-order valence-electron chi connectivity index (χ2n) is 5.92. The van der Waals surface area contributed by atoms with Gasteiger partial charge in [0.2, 0.25) is 0 Å². The molecule has 0 atom stereocenters. The molecule has 0 unspecified atom stereocenters. The molecule has 5 rings (SSSR count). The molecule has 0 aromatic heterocycles. The van der Waals surface area contributed by atoms with Crippen molar-refractivity contribution in [2.75, 3.05) is 0 Å². The molecule has 0 aliphatic heterocycles. The average molecular weight is 281 g/mol. The van der Waals surface area contributed by atoms with Crippen LogP contribution in [0.25, 0.3) is 43.1 Å². The maximum Gasteiger partial charge on any atom is 0.0184 e. The lowest BCUT2D eigenvalue weighted by Gasteiger charge is -2.16. The molecule has 0 saturated heterocycles. The van der Waals surface area contributed by atoms with E-state index >= 15 is 0 Å². The molecule has 1 nitrogen and oxygen atoms in total.